The van der Waals surface area contributed by atoms with Crippen LogP contribution in [0.1, 0.15) is 25.7 Å². The fourth-order valence-electron chi connectivity index (χ4n) is 3.19. The molecule has 0 bridgehead atoms. The Balaban J connectivity index is 1.76. The molecular formula is C18H28N2O3. The number of anilines is 1. The highest BCUT2D eigenvalue weighted by Crippen LogP contribution is 2.27. The van der Waals surface area contributed by atoms with Crippen LogP contribution in [-0.2, 0) is 9.53 Å². The summed E-state index contributed by atoms with van der Waals surface area (Å²) in [5.41, 5.74) is 1.19. The smallest absolute Gasteiger partial charge is 0.319 e. The molecule has 0 spiro atoms. The van der Waals surface area contributed by atoms with E-state index in [1.807, 2.05) is 12.1 Å². The summed E-state index contributed by atoms with van der Waals surface area (Å²) in [5.74, 6) is 1.40. The van der Waals surface area contributed by atoms with Crippen LogP contribution in [0.4, 0.5) is 5.69 Å². The third-order valence-electron chi connectivity index (χ3n) is 4.64. The minimum atomic E-state index is -0.190. The minimum Gasteiger partial charge on any atom is -0.497 e. The molecule has 0 saturated heterocycles. The van der Waals surface area contributed by atoms with Crippen LogP contribution in [-0.4, -0.2) is 46.4 Å². The summed E-state index contributed by atoms with van der Waals surface area (Å²) < 4.78 is 9.96. The summed E-state index contributed by atoms with van der Waals surface area (Å²) in [6.45, 7) is 1.37. The molecule has 128 valence electrons. The number of esters is 1. The number of carbonyl (C=O) groups excluding carboxylic acids is 1. The largest absolute Gasteiger partial charge is 0.497 e. The van der Waals surface area contributed by atoms with E-state index < -0.39 is 0 Å². The molecule has 0 radical (unpaired) electrons. The zero-order valence-electron chi connectivity index (χ0n) is 14.4. The monoisotopic (exact) mass is 320 g/mol. The number of nitrogens with zero attached hydrogens (tertiary/aromatic N) is 1. The number of benzene rings is 1. The molecule has 1 N–H and O–H groups in total. The van der Waals surface area contributed by atoms with Crippen LogP contribution < -0.4 is 15.0 Å². The van der Waals surface area contributed by atoms with Crippen molar-refractivity contribution in [2.45, 2.75) is 31.7 Å². The first-order valence-electron chi connectivity index (χ1n) is 8.27. The van der Waals surface area contributed by atoms with Crippen molar-refractivity contribution in [1.82, 2.24) is 5.32 Å². The van der Waals surface area contributed by atoms with Gasteiger partial charge >= 0.3 is 5.97 Å². The lowest BCUT2D eigenvalue weighted by molar-refractivity contribution is -0.139. The van der Waals surface area contributed by atoms with Crippen LogP contribution in [0.15, 0.2) is 24.3 Å². The second-order valence-electron chi connectivity index (χ2n) is 6.26. The van der Waals surface area contributed by atoms with Crippen molar-refractivity contribution < 1.29 is 14.3 Å². The van der Waals surface area contributed by atoms with E-state index in [1.165, 1.54) is 25.6 Å². The van der Waals surface area contributed by atoms with Gasteiger partial charge in [-0.1, -0.05) is 6.07 Å². The molecule has 0 amide bonds. The second-order valence-corrected chi connectivity index (χ2v) is 6.26. The molecule has 1 aromatic carbocycles. The van der Waals surface area contributed by atoms with Crippen LogP contribution >= 0.6 is 0 Å². The Labute approximate surface area is 139 Å². The summed E-state index contributed by atoms with van der Waals surface area (Å²) in [6.07, 6.45) is 4.61. The van der Waals surface area contributed by atoms with Gasteiger partial charge in [-0.2, -0.15) is 0 Å². The Morgan fingerprint density at radius 1 is 1.26 bits per heavy atom. The maximum atomic E-state index is 11.2. The Morgan fingerprint density at radius 2 is 2.00 bits per heavy atom. The van der Waals surface area contributed by atoms with Gasteiger partial charge in [0.25, 0.3) is 0 Å². The van der Waals surface area contributed by atoms with Gasteiger partial charge in [0.05, 0.1) is 20.8 Å². The molecule has 1 saturated carbocycles. The van der Waals surface area contributed by atoms with Crippen molar-refractivity contribution in [3.63, 3.8) is 0 Å². The van der Waals surface area contributed by atoms with E-state index in [0.29, 0.717) is 18.5 Å². The molecule has 1 aliphatic rings. The lowest BCUT2D eigenvalue weighted by atomic mass is 9.85. The summed E-state index contributed by atoms with van der Waals surface area (Å²) in [6, 6.07) is 8.62. The number of carbonyl (C=O) groups is 1. The minimum absolute atomic E-state index is 0.190. The van der Waals surface area contributed by atoms with E-state index in [1.54, 1.807) is 7.11 Å². The fourth-order valence-corrected chi connectivity index (χ4v) is 3.19. The first kappa shape index (κ1) is 17.6. The van der Waals surface area contributed by atoms with Crippen molar-refractivity contribution in [1.29, 1.82) is 0 Å². The van der Waals surface area contributed by atoms with Gasteiger partial charge < -0.3 is 19.7 Å². The summed E-state index contributed by atoms with van der Waals surface area (Å²) in [5, 5.41) is 3.29. The SMILES string of the molecule is COC(=O)CNC1CCC(CN(C)c2cccc(OC)c2)CC1. The van der Waals surface area contributed by atoms with Gasteiger partial charge in [0.15, 0.2) is 0 Å². The normalized spacial score (nSPS) is 20.8. The molecule has 0 aromatic heterocycles. The molecule has 1 aliphatic carbocycles. The molecule has 1 aromatic rings. The molecule has 1 fully saturated rings. The highest BCUT2D eigenvalue weighted by Gasteiger charge is 2.22. The van der Waals surface area contributed by atoms with E-state index >= 15 is 0 Å². The van der Waals surface area contributed by atoms with Crippen molar-refractivity contribution >= 4 is 11.7 Å². The molecule has 0 aliphatic heterocycles. The molecular weight excluding hydrogens is 292 g/mol. The first-order chi connectivity index (χ1) is 11.1. The Bertz CT molecular complexity index is 499. The van der Waals surface area contributed by atoms with Crippen molar-refractivity contribution in [3.05, 3.63) is 24.3 Å². The van der Waals surface area contributed by atoms with Crippen molar-refractivity contribution in [3.8, 4) is 5.75 Å². The number of hydrogen-bond acceptors (Lipinski definition) is 5. The van der Waals surface area contributed by atoms with Crippen LogP contribution in [0.3, 0.4) is 0 Å². The highest BCUT2D eigenvalue weighted by molar-refractivity contribution is 5.71. The first-order valence-corrected chi connectivity index (χ1v) is 8.27. The van der Waals surface area contributed by atoms with Crippen molar-refractivity contribution in [2.24, 2.45) is 5.92 Å². The van der Waals surface area contributed by atoms with E-state index in [-0.39, 0.29) is 5.97 Å². The predicted octanol–water partition coefficient (Wildman–Crippen LogP) is 2.45. The van der Waals surface area contributed by atoms with E-state index in [0.717, 1.165) is 25.1 Å². The quantitative estimate of drug-likeness (QED) is 0.782. The van der Waals surface area contributed by atoms with E-state index in [4.69, 9.17) is 4.74 Å². The van der Waals surface area contributed by atoms with Gasteiger partial charge in [-0.25, -0.2) is 0 Å². The molecule has 23 heavy (non-hydrogen) atoms. The van der Waals surface area contributed by atoms with Crippen LogP contribution in [0.2, 0.25) is 0 Å². The van der Waals surface area contributed by atoms with Gasteiger partial charge in [-0.15, -0.1) is 0 Å². The number of hydrogen-bond donors (Lipinski definition) is 1. The lowest BCUT2D eigenvalue weighted by Gasteiger charge is -2.32. The van der Waals surface area contributed by atoms with Gasteiger partial charge in [-0.3, -0.25) is 4.79 Å². The lowest BCUT2D eigenvalue weighted by Crippen LogP contribution is -2.38. The molecule has 2 rings (SSSR count). The van der Waals surface area contributed by atoms with E-state index in [2.05, 4.69) is 34.1 Å². The molecule has 5 nitrogen and oxygen atoms in total. The summed E-state index contributed by atoms with van der Waals surface area (Å²) in [7, 11) is 5.26. The van der Waals surface area contributed by atoms with Gasteiger partial charge in [0.1, 0.15) is 5.75 Å². The third-order valence-corrected chi connectivity index (χ3v) is 4.64. The van der Waals surface area contributed by atoms with Crippen LogP contribution in [0.25, 0.3) is 0 Å². The maximum absolute atomic E-state index is 11.2. The van der Waals surface area contributed by atoms with E-state index in [9.17, 15) is 4.79 Å². The Morgan fingerprint density at radius 3 is 2.65 bits per heavy atom. The third kappa shape index (κ3) is 5.43. The Hall–Kier alpha value is -1.75. The van der Waals surface area contributed by atoms with Crippen LogP contribution in [0.5, 0.6) is 5.75 Å². The number of ether oxygens (including phenoxy) is 2. The average Bonchev–Trinajstić information content (AvgIpc) is 2.60. The number of rotatable bonds is 7. The number of methoxy groups -OCH3 is 2. The topological polar surface area (TPSA) is 50.8 Å². The zero-order chi connectivity index (χ0) is 16.7. The average molecular weight is 320 g/mol. The maximum Gasteiger partial charge on any atom is 0.319 e. The van der Waals surface area contributed by atoms with Gasteiger partial charge in [0.2, 0.25) is 0 Å². The zero-order valence-corrected chi connectivity index (χ0v) is 14.4. The molecule has 0 unspecified atom stereocenters. The standard InChI is InChI=1S/C18H28N2O3/c1-20(16-5-4-6-17(11-16)22-2)13-14-7-9-15(10-8-14)19-12-18(21)23-3/h4-6,11,14-15,19H,7-10,12-13H2,1-3H3. The Kier molecular flexibility index (Phi) is 6.71. The highest BCUT2D eigenvalue weighted by atomic mass is 16.5. The predicted molar refractivity (Wildman–Crippen MR) is 92.0 cm³/mol. The summed E-state index contributed by atoms with van der Waals surface area (Å²) in [4.78, 5) is 13.5. The molecule has 5 heteroatoms. The summed E-state index contributed by atoms with van der Waals surface area (Å²) >= 11 is 0. The fraction of sp³-hybridized carbons (Fsp3) is 0.611. The van der Waals surface area contributed by atoms with Crippen LogP contribution in [0, 0.1) is 5.92 Å². The van der Waals surface area contributed by atoms with Gasteiger partial charge in [-0.05, 0) is 43.7 Å². The van der Waals surface area contributed by atoms with Gasteiger partial charge in [0, 0.05) is 31.4 Å². The molecule has 0 heterocycles. The van der Waals surface area contributed by atoms with Crippen molar-refractivity contribution in [2.75, 3.05) is 39.3 Å². The second kappa shape index (κ2) is 8.77. The number of nitrogens with one attached hydrogen (secondary N) is 1. The molecule has 0 atom stereocenters.